The molecule has 0 fully saturated rings. The Morgan fingerprint density at radius 3 is 2.29 bits per heavy atom. The quantitative estimate of drug-likeness (QED) is 0.172. The summed E-state index contributed by atoms with van der Waals surface area (Å²) in [6.07, 6.45) is 5.87. The predicted molar refractivity (Wildman–Crippen MR) is 199 cm³/mol. The molecule has 0 atom stereocenters. The summed E-state index contributed by atoms with van der Waals surface area (Å²) in [7, 11) is 0. The molecule has 0 radical (unpaired) electrons. The number of pyridine rings is 1. The van der Waals surface area contributed by atoms with Crippen LogP contribution >= 0.6 is 11.3 Å². The normalized spacial score (nSPS) is 12.4. The second-order valence-electron chi connectivity index (χ2n) is 14.3. The monoisotopic (exact) mass is 649 g/mol. The second kappa shape index (κ2) is 11.3. The zero-order valence-corrected chi connectivity index (χ0v) is 29.3. The molecule has 0 aliphatic carbocycles. The molecule has 0 aliphatic rings. The van der Waals surface area contributed by atoms with E-state index in [2.05, 4.69) is 120 Å². The van der Waals surface area contributed by atoms with E-state index in [1.807, 2.05) is 30.6 Å². The fourth-order valence-corrected chi connectivity index (χ4v) is 8.07. The molecule has 8 aromatic rings. The van der Waals surface area contributed by atoms with Gasteiger partial charge in [0.1, 0.15) is 17.2 Å². The van der Waals surface area contributed by atoms with Crippen molar-refractivity contribution in [2.24, 2.45) is 0 Å². The summed E-state index contributed by atoms with van der Waals surface area (Å²) in [5.41, 5.74) is 9.64. The molecule has 0 saturated carbocycles. The highest BCUT2D eigenvalue weighted by Gasteiger charge is 2.25. The van der Waals surface area contributed by atoms with Crippen molar-refractivity contribution < 1.29 is 9.15 Å². The van der Waals surface area contributed by atoms with Gasteiger partial charge in [0.15, 0.2) is 11.3 Å². The van der Waals surface area contributed by atoms with Crippen LogP contribution in [0.1, 0.15) is 77.0 Å². The van der Waals surface area contributed by atoms with E-state index in [1.54, 1.807) is 11.3 Å². The number of thiophene rings is 1. The highest BCUT2D eigenvalue weighted by Crippen LogP contribution is 2.50. The largest absolute Gasteiger partial charge is 0.453 e. The number of ether oxygens (including phenoxy) is 1. The molecule has 0 unspecified atom stereocenters. The maximum absolute atomic E-state index is 6.80. The summed E-state index contributed by atoms with van der Waals surface area (Å²) >= 11 is 1.79. The Morgan fingerprint density at radius 1 is 0.792 bits per heavy atom. The maximum atomic E-state index is 6.80. The van der Waals surface area contributed by atoms with Crippen molar-refractivity contribution in [3.05, 3.63) is 114 Å². The number of rotatable bonds is 7. The number of hydrogen-bond donors (Lipinski definition) is 0. The van der Waals surface area contributed by atoms with Crippen LogP contribution < -0.4 is 4.74 Å². The molecule has 8 rings (SSSR count). The van der Waals surface area contributed by atoms with Crippen molar-refractivity contribution >= 4 is 42.7 Å². The van der Waals surface area contributed by atoms with Gasteiger partial charge in [-0.3, -0.25) is 9.55 Å². The predicted octanol–water partition coefficient (Wildman–Crippen LogP) is 12.5. The third-order valence-electron chi connectivity index (χ3n) is 9.31. The van der Waals surface area contributed by atoms with Crippen LogP contribution in [0.5, 0.6) is 11.5 Å². The van der Waals surface area contributed by atoms with E-state index in [0.29, 0.717) is 23.3 Å². The number of imidazole rings is 1. The van der Waals surface area contributed by atoms with E-state index < -0.39 is 0 Å². The number of furan rings is 1. The minimum atomic E-state index is -0.00175. The zero-order chi connectivity index (χ0) is 33.3. The van der Waals surface area contributed by atoms with Gasteiger partial charge in [-0.25, -0.2) is 4.98 Å². The first-order chi connectivity index (χ1) is 23.1. The lowest BCUT2D eigenvalue weighted by atomic mass is 9.87. The van der Waals surface area contributed by atoms with E-state index >= 15 is 0 Å². The number of para-hydroxylation sites is 1. The Kier molecular flexibility index (Phi) is 7.18. The van der Waals surface area contributed by atoms with Gasteiger partial charge < -0.3 is 9.15 Å². The first-order valence-electron chi connectivity index (χ1n) is 16.7. The van der Waals surface area contributed by atoms with Gasteiger partial charge in [0, 0.05) is 44.5 Å². The van der Waals surface area contributed by atoms with Crippen molar-refractivity contribution in [2.45, 2.75) is 65.7 Å². The minimum Gasteiger partial charge on any atom is -0.453 e. The highest BCUT2D eigenvalue weighted by molar-refractivity contribution is 7.26. The van der Waals surface area contributed by atoms with Crippen LogP contribution in [0.2, 0.25) is 0 Å². The first-order valence-corrected chi connectivity index (χ1v) is 17.5. The van der Waals surface area contributed by atoms with E-state index in [1.165, 1.54) is 27.1 Å². The Balaban J connectivity index is 1.27. The molecule has 4 heterocycles. The molecule has 240 valence electrons. The van der Waals surface area contributed by atoms with Gasteiger partial charge in [-0.15, -0.1) is 11.3 Å². The van der Waals surface area contributed by atoms with E-state index in [0.717, 1.165) is 49.3 Å². The molecule has 0 aliphatic heterocycles. The fraction of sp³-hybridized carbons (Fsp3) is 0.238. The van der Waals surface area contributed by atoms with E-state index in [9.17, 15) is 0 Å². The van der Waals surface area contributed by atoms with Gasteiger partial charge in [0.25, 0.3) is 0 Å². The molecule has 0 spiro atoms. The molecule has 0 amide bonds. The van der Waals surface area contributed by atoms with E-state index in [4.69, 9.17) is 19.1 Å². The molecular weight excluding hydrogens is 611 g/mol. The summed E-state index contributed by atoms with van der Waals surface area (Å²) in [6.45, 7) is 15.7. The molecule has 5 nitrogen and oxygen atoms in total. The van der Waals surface area contributed by atoms with Crippen LogP contribution in [0, 0.1) is 0 Å². The van der Waals surface area contributed by atoms with Crippen molar-refractivity contribution in [2.75, 3.05) is 0 Å². The summed E-state index contributed by atoms with van der Waals surface area (Å²) in [5.74, 6) is 3.00. The van der Waals surface area contributed by atoms with Crippen molar-refractivity contribution in [1.29, 1.82) is 0 Å². The average Bonchev–Trinajstić information content (AvgIpc) is 3.81. The van der Waals surface area contributed by atoms with Gasteiger partial charge in [-0.2, -0.15) is 0 Å². The number of benzene rings is 4. The maximum Gasteiger partial charge on any atom is 0.179 e. The molecule has 4 aromatic carbocycles. The second-order valence-corrected chi connectivity index (χ2v) is 15.4. The molecule has 0 bridgehead atoms. The van der Waals surface area contributed by atoms with Gasteiger partial charge in [0.05, 0.1) is 16.8 Å². The first kappa shape index (κ1) is 30.4. The summed E-state index contributed by atoms with van der Waals surface area (Å²) < 4.78 is 17.9. The molecule has 4 aromatic heterocycles. The van der Waals surface area contributed by atoms with E-state index in [-0.39, 0.29) is 5.41 Å². The Labute approximate surface area is 285 Å². The van der Waals surface area contributed by atoms with Crippen LogP contribution in [0.4, 0.5) is 0 Å². The molecule has 0 saturated heterocycles. The molecule has 48 heavy (non-hydrogen) atoms. The molecule has 6 heteroatoms. The van der Waals surface area contributed by atoms with Gasteiger partial charge in [-0.05, 0) is 76.4 Å². The van der Waals surface area contributed by atoms with Crippen molar-refractivity contribution in [3.63, 3.8) is 0 Å². The van der Waals surface area contributed by atoms with Crippen molar-refractivity contribution in [1.82, 2.24) is 14.5 Å². The third-order valence-corrected chi connectivity index (χ3v) is 10.5. The van der Waals surface area contributed by atoms with Gasteiger partial charge in [-0.1, -0.05) is 84.9 Å². The Bertz CT molecular complexity index is 2410. The lowest BCUT2D eigenvalue weighted by molar-refractivity contribution is 0.477. The van der Waals surface area contributed by atoms with Crippen LogP contribution in [0.3, 0.4) is 0 Å². The Morgan fingerprint density at radius 2 is 1.54 bits per heavy atom. The SMILES string of the molecule is CC(C)c1cccc(C(C)C)c1-n1ccnc1-c1cccc(Oc2cc(-c3cc(C(C)(C)C)ccn3)c3sc4cccc5oc2c3c54)c1. The third kappa shape index (κ3) is 4.98. The highest BCUT2D eigenvalue weighted by atomic mass is 32.1. The molecule has 0 N–H and O–H groups in total. The Hall–Kier alpha value is -4.94. The lowest BCUT2D eigenvalue weighted by Gasteiger charge is -2.22. The standard InChI is InChI=1S/C42H39N3O2S/c1-24(2)29-13-9-14-30(25(3)4)38(29)45-20-19-44-41(45)26-11-8-12-28(21-26)46-34-23-31(32-22-27(17-18-43-32)42(5,6)7)40-37-36-33(47-39(34)37)15-10-16-35(36)48-40/h8-25H,1-7H3. The smallest absolute Gasteiger partial charge is 0.179 e. The topological polar surface area (TPSA) is 53.1 Å². The number of nitrogens with zero attached hydrogens (tertiary/aromatic N) is 3. The van der Waals surface area contributed by atoms with Gasteiger partial charge >= 0.3 is 0 Å². The lowest BCUT2D eigenvalue weighted by Crippen LogP contribution is -2.11. The summed E-state index contributed by atoms with van der Waals surface area (Å²) in [6, 6.07) is 27.5. The average molecular weight is 650 g/mol. The van der Waals surface area contributed by atoms with Crippen LogP contribution in [-0.2, 0) is 5.41 Å². The molecular formula is C42H39N3O2S. The van der Waals surface area contributed by atoms with Crippen molar-refractivity contribution in [3.8, 4) is 39.8 Å². The van der Waals surface area contributed by atoms with Crippen LogP contribution in [0.25, 0.3) is 59.7 Å². The minimum absolute atomic E-state index is 0.00175. The number of aromatic nitrogens is 3. The van der Waals surface area contributed by atoms with Crippen LogP contribution in [-0.4, -0.2) is 14.5 Å². The summed E-state index contributed by atoms with van der Waals surface area (Å²) in [5, 5.41) is 2.24. The van der Waals surface area contributed by atoms with Crippen LogP contribution in [0.15, 0.2) is 102 Å². The zero-order valence-electron chi connectivity index (χ0n) is 28.5. The fourth-order valence-electron chi connectivity index (χ4n) is 6.83. The van der Waals surface area contributed by atoms with Gasteiger partial charge in [0.2, 0.25) is 0 Å². The number of hydrogen-bond acceptors (Lipinski definition) is 5. The summed E-state index contributed by atoms with van der Waals surface area (Å²) in [4.78, 5) is 9.73.